The van der Waals surface area contributed by atoms with Gasteiger partial charge in [0.15, 0.2) is 12.4 Å². The quantitative estimate of drug-likeness (QED) is 0.458. The standard InChI is InChI=1S/C14H10BrClN2O7/c15-7-1-6(2-8(16)12(7)25-5-11(21)22)3-9-13(23)18(4-10(19)20)14(24)17-9/h1-3H,4-5H2,(H,17,24)(H,19,20)(H,21,22)/b9-3+. The zero-order chi connectivity index (χ0) is 18.7. The molecule has 0 radical (unpaired) electrons. The van der Waals surface area contributed by atoms with E-state index < -0.39 is 37.0 Å². The summed E-state index contributed by atoms with van der Waals surface area (Å²) in [7, 11) is 0. The van der Waals surface area contributed by atoms with Gasteiger partial charge in [-0.3, -0.25) is 9.59 Å². The number of urea groups is 1. The molecule has 132 valence electrons. The van der Waals surface area contributed by atoms with Gasteiger partial charge in [-0.2, -0.15) is 0 Å². The summed E-state index contributed by atoms with van der Waals surface area (Å²) in [6.45, 7) is -1.34. The van der Waals surface area contributed by atoms with Gasteiger partial charge in [0.25, 0.3) is 5.91 Å². The second-order valence-electron chi connectivity index (χ2n) is 4.77. The van der Waals surface area contributed by atoms with Gasteiger partial charge in [0.2, 0.25) is 0 Å². The lowest BCUT2D eigenvalue weighted by atomic mass is 10.2. The molecule has 9 nitrogen and oxygen atoms in total. The number of hydrogen-bond acceptors (Lipinski definition) is 5. The van der Waals surface area contributed by atoms with E-state index >= 15 is 0 Å². The zero-order valence-corrected chi connectivity index (χ0v) is 14.6. The number of carbonyl (C=O) groups is 4. The van der Waals surface area contributed by atoms with Crippen LogP contribution in [-0.4, -0.2) is 52.1 Å². The molecule has 3 N–H and O–H groups in total. The number of hydrogen-bond donors (Lipinski definition) is 3. The normalized spacial score (nSPS) is 15.4. The van der Waals surface area contributed by atoms with E-state index in [4.69, 9.17) is 26.6 Å². The lowest BCUT2D eigenvalue weighted by Gasteiger charge is -2.09. The van der Waals surface area contributed by atoms with Crippen molar-refractivity contribution in [2.45, 2.75) is 0 Å². The van der Waals surface area contributed by atoms with Crippen LogP contribution in [0.5, 0.6) is 5.75 Å². The molecule has 11 heteroatoms. The van der Waals surface area contributed by atoms with Crippen LogP contribution in [-0.2, 0) is 14.4 Å². The molecule has 0 atom stereocenters. The van der Waals surface area contributed by atoms with Crippen LogP contribution >= 0.6 is 27.5 Å². The summed E-state index contributed by atoms with van der Waals surface area (Å²) in [6, 6.07) is 2.05. The van der Waals surface area contributed by atoms with Crippen LogP contribution < -0.4 is 10.1 Å². The monoisotopic (exact) mass is 432 g/mol. The Labute approximate surface area is 153 Å². The van der Waals surface area contributed by atoms with Gasteiger partial charge in [0.1, 0.15) is 12.2 Å². The number of halogens is 2. The van der Waals surface area contributed by atoms with Gasteiger partial charge in [0, 0.05) is 0 Å². The van der Waals surface area contributed by atoms with E-state index in [0.717, 1.165) is 0 Å². The van der Waals surface area contributed by atoms with E-state index in [1.165, 1.54) is 18.2 Å². The number of aliphatic carboxylic acids is 2. The number of amides is 3. The Hall–Kier alpha value is -2.59. The van der Waals surface area contributed by atoms with Crippen LogP contribution in [0.2, 0.25) is 5.02 Å². The molecular formula is C14H10BrClN2O7. The largest absolute Gasteiger partial charge is 0.480 e. The molecule has 0 bridgehead atoms. The van der Waals surface area contributed by atoms with Crippen molar-refractivity contribution in [3.8, 4) is 5.75 Å². The fourth-order valence-electron chi connectivity index (χ4n) is 1.95. The Morgan fingerprint density at radius 3 is 2.52 bits per heavy atom. The highest BCUT2D eigenvalue weighted by Crippen LogP contribution is 2.35. The molecule has 0 saturated carbocycles. The SMILES string of the molecule is O=C(O)COc1c(Cl)cc(/C=C2/NC(=O)N(CC(=O)O)C2=O)cc1Br. The molecule has 1 aliphatic heterocycles. The van der Waals surface area contributed by atoms with Gasteiger partial charge in [-0.25, -0.2) is 14.5 Å². The van der Waals surface area contributed by atoms with Crippen molar-refractivity contribution >= 4 is 57.5 Å². The Bertz CT molecular complexity index is 785. The lowest BCUT2D eigenvalue weighted by Crippen LogP contribution is -2.35. The first-order valence-corrected chi connectivity index (χ1v) is 7.76. The first-order valence-electron chi connectivity index (χ1n) is 6.59. The lowest BCUT2D eigenvalue weighted by molar-refractivity contribution is -0.140. The maximum absolute atomic E-state index is 12.0. The average Bonchev–Trinajstić information content (AvgIpc) is 2.73. The first-order chi connectivity index (χ1) is 11.7. The predicted octanol–water partition coefficient (Wildman–Crippen LogP) is 1.54. The number of benzene rings is 1. The molecule has 1 fully saturated rings. The third kappa shape index (κ3) is 4.48. The number of nitrogens with zero attached hydrogens (tertiary/aromatic N) is 1. The van der Waals surface area contributed by atoms with Crippen LogP contribution in [0.1, 0.15) is 5.56 Å². The molecule has 25 heavy (non-hydrogen) atoms. The second-order valence-corrected chi connectivity index (χ2v) is 6.03. The van der Waals surface area contributed by atoms with Crippen molar-refractivity contribution in [1.82, 2.24) is 10.2 Å². The fraction of sp³-hybridized carbons (Fsp3) is 0.143. The van der Waals surface area contributed by atoms with Crippen molar-refractivity contribution < 1.29 is 34.1 Å². The van der Waals surface area contributed by atoms with E-state index in [0.29, 0.717) is 14.9 Å². The van der Waals surface area contributed by atoms with Gasteiger partial charge in [-0.15, -0.1) is 0 Å². The highest BCUT2D eigenvalue weighted by atomic mass is 79.9. The minimum atomic E-state index is -1.32. The second kappa shape index (κ2) is 7.53. The van der Waals surface area contributed by atoms with E-state index in [9.17, 15) is 19.2 Å². The van der Waals surface area contributed by atoms with Gasteiger partial charge < -0.3 is 20.3 Å². The van der Waals surface area contributed by atoms with Crippen LogP contribution in [0.15, 0.2) is 22.3 Å². The highest BCUT2D eigenvalue weighted by Gasteiger charge is 2.34. The minimum absolute atomic E-state index is 0.0849. The molecule has 0 aliphatic carbocycles. The smallest absolute Gasteiger partial charge is 0.341 e. The maximum atomic E-state index is 12.0. The molecule has 1 heterocycles. The van der Waals surface area contributed by atoms with Crippen molar-refractivity contribution in [2.75, 3.05) is 13.2 Å². The number of imide groups is 1. The summed E-state index contributed by atoms with van der Waals surface area (Å²) in [5.74, 6) is -3.17. The molecule has 0 unspecified atom stereocenters. The average molecular weight is 434 g/mol. The van der Waals surface area contributed by atoms with Crippen LogP contribution in [0.3, 0.4) is 0 Å². The number of ether oxygens (including phenoxy) is 1. The topological polar surface area (TPSA) is 133 Å². The molecule has 1 aromatic carbocycles. The minimum Gasteiger partial charge on any atom is -0.480 e. The summed E-state index contributed by atoms with van der Waals surface area (Å²) in [4.78, 5) is 45.5. The maximum Gasteiger partial charge on any atom is 0.341 e. The number of carboxylic acids is 2. The van der Waals surface area contributed by atoms with Gasteiger partial charge in [-0.1, -0.05) is 11.6 Å². The van der Waals surface area contributed by atoms with Crippen LogP contribution in [0, 0.1) is 0 Å². The fourth-order valence-corrected chi connectivity index (χ4v) is 2.94. The summed E-state index contributed by atoms with van der Waals surface area (Å²) in [6.07, 6.45) is 1.31. The van der Waals surface area contributed by atoms with Crippen molar-refractivity contribution in [1.29, 1.82) is 0 Å². The van der Waals surface area contributed by atoms with Crippen LogP contribution in [0.4, 0.5) is 4.79 Å². The van der Waals surface area contributed by atoms with Crippen molar-refractivity contribution in [3.63, 3.8) is 0 Å². The zero-order valence-electron chi connectivity index (χ0n) is 12.3. The molecule has 0 spiro atoms. The molecular weight excluding hydrogens is 424 g/mol. The Kier molecular flexibility index (Phi) is 5.65. The molecule has 3 amide bonds. The van der Waals surface area contributed by atoms with E-state index in [1.807, 2.05) is 0 Å². The van der Waals surface area contributed by atoms with E-state index in [-0.39, 0.29) is 16.5 Å². The molecule has 1 aliphatic rings. The Balaban J connectivity index is 2.26. The van der Waals surface area contributed by atoms with Crippen molar-refractivity contribution in [2.24, 2.45) is 0 Å². The van der Waals surface area contributed by atoms with Crippen LogP contribution in [0.25, 0.3) is 6.08 Å². The highest BCUT2D eigenvalue weighted by molar-refractivity contribution is 9.10. The molecule has 0 aromatic heterocycles. The van der Waals surface area contributed by atoms with Gasteiger partial charge >= 0.3 is 18.0 Å². The first kappa shape index (κ1) is 18.7. The Morgan fingerprint density at radius 1 is 1.28 bits per heavy atom. The van der Waals surface area contributed by atoms with Crippen molar-refractivity contribution in [3.05, 3.63) is 32.9 Å². The van der Waals surface area contributed by atoms with Gasteiger partial charge in [-0.05, 0) is 39.7 Å². The number of rotatable bonds is 6. The predicted molar refractivity (Wildman–Crippen MR) is 88.1 cm³/mol. The molecule has 2 rings (SSSR count). The van der Waals surface area contributed by atoms with E-state index in [2.05, 4.69) is 21.2 Å². The number of carboxylic acid groups (broad SMARTS) is 2. The molecule has 1 aromatic rings. The summed E-state index contributed by atoms with van der Waals surface area (Å²) >= 11 is 9.21. The number of nitrogens with one attached hydrogen (secondary N) is 1. The third-order valence-electron chi connectivity index (χ3n) is 2.93. The number of carbonyl (C=O) groups excluding carboxylic acids is 2. The summed E-state index contributed by atoms with van der Waals surface area (Å²) in [5, 5.41) is 19.7. The third-order valence-corrected chi connectivity index (χ3v) is 3.80. The van der Waals surface area contributed by atoms with Gasteiger partial charge in [0.05, 0.1) is 9.50 Å². The molecule has 1 saturated heterocycles. The summed E-state index contributed by atoms with van der Waals surface area (Å²) in [5.41, 5.74) is 0.286. The van der Waals surface area contributed by atoms with E-state index in [1.54, 1.807) is 0 Å². The Morgan fingerprint density at radius 2 is 1.96 bits per heavy atom. The summed E-state index contributed by atoms with van der Waals surface area (Å²) < 4.78 is 5.38.